The molecule has 0 spiro atoms. The number of urea groups is 1. The minimum atomic E-state index is -0.359. The van der Waals surface area contributed by atoms with E-state index in [0.717, 1.165) is 51.9 Å². The van der Waals surface area contributed by atoms with E-state index in [4.69, 9.17) is 0 Å². The number of hydrogen-bond donors (Lipinski definition) is 2. The molecule has 2 N–H and O–H groups in total. The zero-order valence-electron chi connectivity index (χ0n) is 13.7. The van der Waals surface area contributed by atoms with Gasteiger partial charge in [0.25, 0.3) is 0 Å². The maximum atomic E-state index is 12.3. The maximum absolute atomic E-state index is 12.3. The zero-order chi connectivity index (χ0) is 16.1. The van der Waals surface area contributed by atoms with Gasteiger partial charge in [-0.25, -0.2) is 4.79 Å². The highest BCUT2D eigenvalue weighted by atomic mass is 16.3. The smallest absolute Gasteiger partial charge is 0.317 e. The second-order valence-electron chi connectivity index (χ2n) is 6.73. The molecule has 0 aromatic heterocycles. The van der Waals surface area contributed by atoms with Crippen LogP contribution in [0.3, 0.4) is 0 Å². The predicted molar refractivity (Wildman–Crippen MR) is 90.1 cm³/mol. The van der Waals surface area contributed by atoms with Crippen LogP contribution in [0, 0.1) is 0 Å². The Morgan fingerprint density at radius 3 is 2.57 bits per heavy atom. The van der Waals surface area contributed by atoms with Gasteiger partial charge in [0.1, 0.15) is 0 Å². The first-order valence-corrected chi connectivity index (χ1v) is 8.70. The van der Waals surface area contributed by atoms with E-state index in [0.29, 0.717) is 6.54 Å². The number of aliphatic hydroxyl groups excluding tert-OH is 1. The Bertz CT molecular complexity index is 500. The summed E-state index contributed by atoms with van der Waals surface area (Å²) in [6.07, 6.45) is 3.33. The van der Waals surface area contributed by atoms with Crippen LogP contribution in [-0.2, 0) is 6.54 Å². The molecule has 0 saturated carbocycles. The van der Waals surface area contributed by atoms with E-state index >= 15 is 0 Å². The first-order chi connectivity index (χ1) is 11.2. The van der Waals surface area contributed by atoms with E-state index in [9.17, 15) is 9.90 Å². The van der Waals surface area contributed by atoms with Crippen LogP contribution in [0.5, 0.6) is 0 Å². The molecule has 1 aromatic carbocycles. The molecule has 126 valence electrons. The number of amides is 2. The summed E-state index contributed by atoms with van der Waals surface area (Å²) < 4.78 is 0. The molecule has 0 aliphatic carbocycles. The molecule has 1 atom stereocenters. The molecule has 0 radical (unpaired) electrons. The molecule has 2 fully saturated rings. The summed E-state index contributed by atoms with van der Waals surface area (Å²) in [6.45, 7) is 4.25. The molecule has 0 unspecified atom stereocenters. The van der Waals surface area contributed by atoms with Gasteiger partial charge in [-0.3, -0.25) is 4.90 Å². The number of nitrogens with one attached hydrogen (secondary N) is 1. The summed E-state index contributed by atoms with van der Waals surface area (Å²) in [6, 6.07) is 10.8. The van der Waals surface area contributed by atoms with E-state index in [1.807, 2.05) is 6.07 Å². The van der Waals surface area contributed by atoms with Crippen molar-refractivity contribution in [1.82, 2.24) is 15.1 Å². The number of aliphatic hydroxyl groups is 1. The fourth-order valence-corrected chi connectivity index (χ4v) is 3.48. The highest BCUT2D eigenvalue weighted by Gasteiger charge is 2.25. The van der Waals surface area contributed by atoms with Gasteiger partial charge in [0, 0.05) is 38.8 Å². The number of benzene rings is 1. The van der Waals surface area contributed by atoms with Crippen molar-refractivity contribution in [1.29, 1.82) is 0 Å². The summed E-state index contributed by atoms with van der Waals surface area (Å²) in [7, 11) is 0. The molecular formula is C18H27N3O2. The lowest BCUT2D eigenvalue weighted by Crippen LogP contribution is -2.52. The second-order valence-corrected chi connectivity index (χ2v) is 6.73. The van der Waals surface area contributed by atoms with E-state index in [-0.39, 0.29) is 18.2 Å². The number of carbonyl (C=O) groups excluding carboxylic acids is 1. The van der Waals surface area contributed by atoms with Crippen LogP contribution >= 0.6 is 0 Å². The van der Waals surface area contributed by atoms with Crippen LogP contribution in [0.2, 0.25) is 0 Å². The van der Waals surface area contributed by atoms with Gasteiger partial charge in [-0.05, 0) is 31.2 Å². The van der Waals surface area contributed by atoms with Crippen molar-refractivity contribution in [3.8, 4) is 0 Å². The monoisotopic (exact) mass is 317 g/mol. The first kappa shape index (κ1) is 16.3. The molecule has 5 nitrogen and oxygen atoms in total. The number of likely N-dealkylation sites (tertiary alicyclic amines) is 2. The minimum Gasteiger partial charge on any atom is -0.391 e. The van der Waals surface area contributed by atoms with Crippen molar-refractivity contribution < 1.29 is 9.90 Å². The molecule has 2 amide bonds. The summed E-state index contributed by atoms with van der Waals surface area (Å²) in [5, 5.41) is 12.8. The minimum absolute atomic E-state index is 0.00902. The van der Waals surface area contributed by atoms with Gasteiger partial charge in [-0.15, -0.1) is 0 Å². The largest absolute Gasteiger partial charge is 0.391 e. The third-order valence-corrected chi connectivity index (χ3v) is 4.85. The second kappa shape index (κ2) is 7.79. The fraction of sp³-hybridized carbons (Fsp3) is 0.611. The SMILES string of the molecule is O=C(NC1CCN(Cc2ccccc2)CC1)N1CCC[C@@H](O)C1. The molecule has 2 heterocycles. The van der Waals surface area contributed by atoms with Crippen molar-refractivity contribution in [2.24, 2.45) is 0 Å². The quantitative estimate of drug-likeness (QED) is 0.894. The van der Waals surface area contributed by atoms with Gasteiger partial charge in [-0.1, -0.05) is 30.3 Å². The number of carbonyl (C=O) groups is 1. The lowest BCUT2D eigenvalue weighted by atomic mass is 10.0. The van der Waals surface area contributed by atoms with Crippen LogP contribution < -0.4 is 5.32 Å². The molecule has 0 bridgehead atoms. The molecule has 2 aliphatic heterocycles. The number of rotatable bonds is 3. The van der Waals surface area contributed by atoms with Crippen LogP contribution in [0.1, 0.15) is 31.2 Å². The average molecular weight is 317 g/mol. The van der Waals surface area contributed by atoms with Gasteiger partial charge in [0.15, 0.2) is 0 Å². The van der Waals surface area contributed by atoms with Crippen molar-refractivity contribution >= 4 is 6.03 Å². The lowest BCUT2D eigenvalue weighted by molar-refractivity contribution is 0.0817. The summed E-state index contributed by atoms with van der Waals surface area (Å²) in [5.41, 5.74) is 1.34. The first-order valence-electron chi connectivity index (χ1n) is 8.70. The molecule has 2 aliphatic rings. The van der Waals surface area contributed by atoms with Crippen molar-refractivity contribution in [2.45, 2.75) is 44.4 Å². The van der Waals surface area contributed by atoms with E-state index in [1.54, 1.807) is 4.90 Å². The number of hydrogen-bond acceptors (Lipinski definition) is 3. The fourth-order valence-electron chi connectivity index (χ4n) is 3.48. The van der Waals surface area contributed by atoms with Gasteiger partial charge < -0.3 is 15.3 Å². The Labute approximate surface area is 138 Å². The molecule has 23 heavy (non-hydrogen) atoms. The van der Waals surface area contributed by atoms with Gasteiger partial charge in [0.05, 0.1) is 6.10 Å². The average Bonchev–Trinajstić information content (AvgIpc) is 2.57. The van der Waals surface area contributed by atoms with Crippen molar-refractivity contribution in [3.05, 3.63) is 35.9 Å². The third-order valence-electron chi connectivity index (χ3n) is 4.85. The highest BCUT2D eigenvalue weighted by Crippen LogP contribution is 2.15. The third kappa shape index (κ3) is 4.69. The Hall–Kier alpha value is -1.59. The topological polar surface area (TPSA) is 55.8 Å². The standard InChI is InChI=1S/C18H27N3O2/c22-17-7-4-10-21(14-17)18(23)19-16-8-11-20(12-9-16)13-15-5-2-1-3-6-15/h1-3,5-6,16-17,22H,4,7-14H2,(H,19,23)/t17-/m1/s1. The van der Waals surface area contributed by atoms with Gasteiger partial charge >= 0.3 is 6.03 Å². The predicted octanol–water partition coefficient (Wildman–Crippen LogP) is 1.82. The Kier molecular flexibility index (Phi) is 5.51. The molecule has 3 rings (SSSR count). The van der Waals surface area contributed by atoms with Crippen LogP contribution in [0.4, 0.5) is 4.79 Å². The van der Waals surface area contributed by atoms with E-state index in [2.05, 4.69) is 34.5 Å². The molecular weight excluding hydrogens is 290 g/mol. The summed E-state index contributed by atoms with van der Waals surface area (Å²) in [4.78, 5) is 16.5. The molecule has 5 heteroatoms. The van der Waals surface area contributed by atoms with Crippen LogP contribution in [0.25, 0.3) is 0 Å². The molecule has 2 saturated heterocycles. The zero-order valence-corrected chi connectivity index (χ0v) is 13.7. The number of β-amino-alcohol motifs (C(OH)–C–C–N with tert-alkyl or cyclic N) is 1. The number of nitrogens with zero attached hydrogens (tertiary/aromatic N) is 2. The number of piperidine rings is 2. The maximum Gasteiger partial charge on any atom is 0.317 e. The Morgan fingerprint density at radius 2 is 1.87 bits per heavy atom. The summed E-state index contributed by atoms with van der Waals surface area (Å²) >= 11 is 0. The van der Waals surface area contributed by atoms with Gasteiger partial charge in [0.2, 0.25) is 0 Å². The van der Waals surface area contributed by atoms with Crippen molar-refractivity contribution in [3.63, 3.8) is 0 Å². The van der Waals surface area contributed by atoms with Crippen molar-refractivity contribution in [2.75, 3.05) is 26.2 Å². The van der Waals surface area contributed by atoms with E-state index in [1.165, 1.54) is 5.56 Å². The normalized spacial score (nSPS) is 23.7. The Morgan fingerprint density at radius 1 is 1.13 bits per heavy atom. The van der Waals surface area contributed by atoms with E-state index < -0.39 is 0 Å². The highest BCUT2D eigenvalue weighted by molar-refractivity contribution is 5.74. The summed E-state index contributed by atoms with van der Waals surface area (Å²) in [5.74, 6) is 0. The lowest BCUT2D eigenvalue weighted by Gasteiger charge is -2.35. The molecule has 1 aromatic rings. The van der Waals surface area contributed by atoms with Crippen LogP contribution in [-0.4, -0.2) is 59.3 Å². The Balaban J connectivity index is 1.41. The van der Waals surface area contributed by atoms with Gasteiger partial charge in [-0.2, -0.15) is 0 Å². The van der Waals surface area contributed by atoms with Crippen LogP contribution in [0.15, 0.2) is 30.3 Å².